The lowest BCUT2D eigenvalue weighted by molar-refractivity contribution is 0.217. The van der Waals surface area contributed by atoms with Crippen molar-refractivity contribution in [3.8, 4) is 0 Å². The summed E-state index contributed by atoms with van der Waals surface area (Å²) in [4.78, 5) is 0. The monoisotopic (exact) mass is 222 g/mol. The molecule has 0 unspecified atom stereocenters. The Bertz CT molecular complexity index is 272. The van der Waals surface area contributed by atoms with Crippen LogP contribution in [0.4, 0.5) is 0 Å². The number of nitrogens with two attached hydrogens (primary N) is 1. The van der Waals surface area contributed by atoms with Crippen molar-refractivity contribution < 1.29 is 13.2 Å². The number of hydrogen-bond acceptors (Lipinski definition) is 4. The highest BCUT2D eigenvalue weighted by atomic mass is 32.2. The van der Waals surface area contributed by atoms with Gasteiger partial charge in [0.25, 0.3) is 0 Å². The third kappa shape index (κ3) is 3.53. The third-order valence-corrected chi connectivity index (χ3v) is 3.90. The van der Waals surface area contributed by atoms with Crippen molar-refractivity contribution in [2.75, 3.05) is 32.6 Å². The van der Waals surface area contributed by atoms with Crippen LogP contribution in [0.1, 0.15) is 12.8 Å². The fourth-order valence-electron chi connectivity index (χ4n) is 1.16. The lowest BCUT2D eigenvalue weighted by Crippen LogP contribution is -2.36. The van der Waals surface area contributed by atoms with Crippen molar-refractivity contribution in [1.82, 2.24) is 4.72 Å². The molecule has 1 rings (SSSR count). The van der Waals surface area contributed by atoms with Crippen LogP contribution >= 0.6 is 0 Å². The van der Waals surface area contributed by atoms with Gasteiger partial charge in [-0.05, 0) is 24.8 Å². The van der Waals surface area contributed by atoms with Crippen LogP contribution in [-0.4, -0.2) is 41.0 Å². The van der Waals surface area contributed by atoms with Crippen molar-refractivity contribution in [3.63, 3.8) is 0 Å². The van der Waals surface area contributed by atoms with Gasteiger partial charge in [-0.25, -0.2) is 13.1 Å². The zero-order chi connectivity index (χ0) is 10.7. The number of sulfonamides is 1. The molecule has 0 atom stereocenters. The summed E-state index contributed by atoms with van der Waals surface area (Å²) in [7, 11) is -1.69. The minimum absolute atomic E-state index is 0.0180. The molecule has 5 nitrogen and oxygen atoms in total. The first-order valence-corrected chi connectivity index (χ1v) is 6.35. The normalized spacial score (nSPS) is 19.6. The summed E-state index contributed by atoms with van der Waals surface area (Å²) < 4.78 is 30.0. The SMILES string of the molecule is COCCS(=O)(=O)NCC1(CN)CC1. The van der Waals surface area contributed by atoms with Gasteiger partial charge in [-0.1, -0.05) is 0 Å². The maximum Gasteiger partial charge on any atom is 0.213 e. The molecule has 1 saturated carbocycles. The molecule has 6 heteroatoms. The summed E-state index contributed by atoms with van der Waals surface area (Å²) in [6.07, 6.45) is 2.05. The highest BCUT2D eigenvalue weighted by molar-refractivity contribution is 7.89. The standard InChI is InChI=1S/C8H18N2O3S/c1-13-4-5-14(11,12)10-7-8(6-9)2-3-8/h10H,2-7,9H2,1H3. The van der Waals surface area contributed by atoms with E-state index in [2.05, 4.69) is 4.72 Å². The van der Waals surface area contributed by atoms with Gasteiger partial charge in [-0.15, -0.1) is 0 Å². The average molecular weight is 222 g/mol. The largest absolute Gasteiger partial charge is 0.384 e. The molecule has 1 aliphatic carbocycles. The molecule has 0 aromatic rings. The molecule has 14 heavy (non-hydrogen) atoms. The second-order valence-corrected chi connectivity index (χ2v) is 5.76. The van der Waals surface area contributed by atoms with Gasteiger partial charge in [-0.3, -0.25) is 0 Å². The minimum Gasteiger partial charge on any atom is -0.384 e. The van der Waals surface area contributed by atoms with E-state index >= 15 is 0 Å². The van der Waals surface area contributed by atoms with E-state index < -0.39 is 10.0 Å². The smallest absolute Gasteiger partial charge is 0.213 e. The first-order chi connectivity index (χ1) is 6.54. The summed E-state index contributed by atoms with van der Waals surface area (Å²) in [6, 6.07) is 0. The predicted molar refractivity (Wildman–Crippen MR) is 54.4 cm³/mol. The highest BCUT2D eigenvalue weighted by Crippen LogP contribution is 2.43. The van der Waals surface area contributed by atoms with Gasteiger partial charge in [-0.2, -0.15) is 0 Å². The Morgan fingerprint density at radius 3 is 2.57 bits per heavy atom. The predicted octanol–water partition coefficient (Wildman–Crippen LogP) is -0.709. The molecular formula is C8H18N2O3S. The van der Waals surface area contributed by atoms with Crippen molar-refractivity contribution in [2.45, 2.75) is 12.8 Å². The van der Waals surface area contributed by atoms with Gasteiger partial charge in [0.15, 0.2) is 0 Å². The lowest BCUT2D eigenvalue weighted by Gasteiger charge is -2.13. The second kappa shape index (κ2) is 4.57. The van der Waals surface area contributed by atoms with Crippen molar-refractivity contribution in [1.29, 1.82) is 0 Å². The van der Waals surface area contributed by atoms with Crippen molar-refractivity contribution in [3.05, 3.63) is 0 Å². The van der Waals surface area contributed by atoms with Gasteiger partial charge in [0, 0.05) is 13.7 Å². The number of rotatable bonds is 7. The molecule has 0 aromatic carbocycles. The average Bonchev–Trinajstić information content (AvgIpc) is 2.93. The molecule has 0 amide bonds. The highest BCUT2D eigenvalue weighted by Gasteiger charge is 2.41. The van der Waals surface area contributed by atoms with Gasteiger partial charge >= 0.3 is 0 Å². The Kier molecular flexibility index (Phi) is 3.88. The lowest BCUT2D eigenvalue weighted by atomic mass is 10.1. The van der Waals surface area contributed by atoms with Gasteiger partial charge in [0.05, 0.1) is 12.4 Å². The summed E-state index contributed by atoms with van der Waals surface area (Å²) in [5.41, 5.74) is 5.58. The molecule has 84 valence electrons. The molecule has 0 heterocycles. The number of hydrogen-bond donors (Lipinski definition) is 2. The summed E-state index contributed by atoms with van der Waals surface area (Å²) in [6.45, 7) is 1.25. The summed E-state index contributed by atoms with van der Waals surface area (Å²) in [5, 5.41) is 0. The minimum atomic E-state index is -3.18. The molecule has 0 spiro atoms. The topological polar surface area (TPSA) is 81.4 Å². The Balaban J connectivity index is 2.29. The van der Waals surface area contributed by atoms with E-state index in [0.29, 0.717) is 13.1 Å². The number of methoxy groups -OCH3 is 1. The van der Waals surface area contributed by atoms with Gasteiger partial charge in [0.1, 0.15) is 0 Å². The van der Waals surface area contributed by atoms with Crippen LogP contribution in [0.5, 0.6) is 0 Å². The van der Waals surface area contributed by atoms with Crippen LogP contribution in [0.2, 0.25) is 0 Å². The molecule has 0 radical (unpaired) electrons. The molecule has 0 aromatic heterocycles. The zero-order valence-electron chi connectivity index (χ0n) is 8.45. The van der Waals surface area contributed by atoms with Crippen LogP contribution in [0, 0.1) is 5.41 Å². The van der Waals surface area contributed by atoms with E-state index in [1.807, 2.05) is 0 Å². The van der Waals surface area contributed by atoms with Crippen LogP contribution in [-0.2, 0) is 14.8 Å². The Morgan fingerprint density at radius 2 is 2.14 bits per heavy atom. The van der Waals surface area contributed by atoms with E-state index in [1.54, 1.807) is 0 Å². The Hall–Kier alpha value is -0.170. The van der Waals surface area contributed by atoms with Crippen LogP contribution in [0.25, 0.3) is 0 Å². The maximum atomic E-state index is 11.3. The molecule has 3 N–H and O–H groups in total. The molecular weight excluding hydrogens is 204 g/mol. The number of ether oxygens (including phenoxy) is 1. The molecule has 0 aliphatic heterocycles. The van der Waals surface area contributed by atoms with E-state index in [0.717, 1.165) is 12.8 Å². The van der Waals surface area contributed by atoms with E-state index in [4.69, 9.17) is 10.5 Å². The zero-order valence-corrected chi connectivity index (χ0v) is 9.27. The van der Waals surface area contributed by atoms with Crippen LogP contribution in [0.3, 0.4) is 0 Å². The first-order valence-electron chi connectivity index (χ1n) is 4.70. The van der Waals surface area contributed by atoms with Gasteiger partial charge in [0.2, 0.25) is 10.0 Å². The Morgan fingerprint density at radius 1 is 1.50 bits per heavy atom. The molecule has 1 fully saturated rings. The van der Waals surface area contributed by atoms with E-state index in [9.17, 15) is 8.42 Å². The second-order valence-electron chi connectivity index (χ2n) is 3.84. The quantitative estimate of drug-likeness (QED) is 0.596. The first kappa shape index (κ1) is 11.9. The summed E-state index contributed by atoms with van der Waals surface area (Å²) in [5.74, 6) is 0.0180. The van der Waals surface area contributed by atoms with Gasteiger partial charge < -0.3 is 10.5 Å². The van der Waals surface area contributed by atoms with E-state index in [-0.39, 0.29) is 17.8 Å². The third-order valence-electron chi connectivity index (χ3n) is 2.61. The van der Waals surface area contributed by atoms with E-state index in [1.165, 1.54) is 7.11 Å². The number of nitrogens with one attached hydrogen (secondary N) is 1. The maximum absolute atomic E-state index is 11.3. The fraction of sp³-hybridized carbons (Fsp3) is 1.00. The fourth-order valence-corrected chi connectivity index (χ4v) is 2.21. The summed E-state index contributed by atoms with van der Waals surface area (Å²) >= 11 is 0. The molecule has 1 aliphatic rings. The molecule has 0 bridgehead atoms. The molecule has 0 saturated heterocycles. The van der Waals surface area contributed by atoms with Crippen molar-refractivity contribution >= 4 is 10.0 Å². The Labute approximate surface area is 85.1 Å². The van der Waals surface area contributed by atoms with Crippen LogP contribution < -0.4 is 10.5 Å². The van der Waals surface area contributed by atoms with Crippen molar-refractivity contribution in [2.24, 2.45) is 11.1 Å². The van der Waals surface area contributed by atoms with Crippen LogP contribution in [0.15, 0.2) is 0 Å².